The molecule has 106 valence electrons. The highest BCUT2D eigenvalue weighted by atomic mass is 16.5. The molecular formula is C18H18N2O. The van der Waals surface area contributed by atoms with Crippen LogP contribution in [0.2, 0.25) is 0 Å². The number of aryl methyl sites for hydroxylation is 1. The molecule has 3 heteroatoms. The van der Waals surface area contributed by atoms with Crippen LogP contribution in [0.1, 0.15) is 30.1 Å². The zero-order valence-electron chi connectivity index (χ0n) is 12.1. The average Bonchev–Trinajstić information content (AvgIpc) is 3.31. The van der Waals surface area contributed by atoms with Gasteiger partial charge < -0.3 is 9.30 Å². The summed E-state index contributed by atoms with van der Waals surface area (Å²) < 4.78 is 8.21. The minimum absolute atomic E-state index is 0.579. The Labute approximate surface area is 124 Å². The molecule has 0 unspecified atom stereocenters. The summed E-state index contributed by atoms with van der Waals surface area (Å²) in [5, 5.41) is 0. The van der Waals surface area contributed by atoms with E-state index in [0.717, 1.165) is 16.8 Å². The van der Waals surface area contributed by atoms with Crippen molar-refractivity contribution in [3.05, 3.63) is 59.9 Å². The normalized spacial score (nSPS) is 14.5. The molecule has 4 rings (SSSR count). The van der Waals surface area contributed by atoms with Gasteiger partial charge in [0, 0.05) is 13.0 Å². The molecule has 1 aliphatic rings. The van der Waals surface area contributed by atoms with Crippen LogP contribution in [-0.2, 0) is 13.7 Å². The first-order valence-corrected chi connectivity index (χ1v) is 7.45. The van der Waals surface area contributed by atoms with Gasteiger partial charge in [-0.15, -0.1) is 0 Å². The van der Waals surface area contributed by atoms with E-state index in [-0.39, 0.29) is 0 Å². The summed E-state index contributed by atoms with van der Waals surface area (Å²) in [7, 11) is 2.10. The van der Waals surface area contributed by atoms with E-state index in [0.29, 0.717) is 12.5 Å². The predicted molar refractivity (Wildman–Crippen MR) is 83.5 cm³/mol. The molecule has 0 amide bonds. The Morgan fingerprint density at radius 3 is 2.67 bits per heavy atom. The molecule has 0 spiro atoms. The van der Waals surface area contributed by atoms with Crippen molar-refractivity contribution in [3.8, 4) is 5.75 Å². The molecule has 0 radical (unpaired) electrons. The Morgan fingerprint density at radius 1 is 1.10 bits per heavy atom. The molecule has 0 atom stereocenters. The first kappa shape index (κ1) is 12.5. The quantitative estimate of drug-likeness (QED) is 0.720. The number of nitrogens with zero attached hydrogens (tertiary/aromatic N) is 2. The van der Waals surface area contributed by atoms with E-state index < -0.39 is 0 Å². The second-order valence-corrected chi connectivity index (χ2v) is 5.70. The van der Waals surface area contributed by atoms with Gasteiger partial charge in [-0.2, -0.15) is 0 Å². The van der Waals surface area contributed by atoms with Gasteiger partial charge in [0.15, 0.2) is 0 Å². The van der Waals surface area contributed by atoms with E-state index in [9.17, 15) is 0 Å². The molecule has 21 heavy (non-hydrogen) atoms. The number of rotatable bonds is 4. The Kier molecular flexibility index (Phi) is 2.92. The molecule has 0 N–H and O–H groups in total. The van der Waals surface area contributed by atoms with E-state index in [4.69, 9.17) is 9.72 Å². The number of aromatic nitrogens is 2. The Bertz CT molecular complexity index is 773. The van der Waals surface area contributed by atoms with E-state index >= 15 is 0 Å². The molecule has 3 nitrogen and oxygen atoms in total. The van der Waals surface area contributed by atoms with E-state index in [1.165, 1.54) is 24.2 Å². The predicted octanol–water partition coefficient (Wildman–Crippen LogP) is 4.03. The standard InChI is InChI=1S/C18H18N2O/c1-20-15-8-5-9-16(17(15)19-18(20)14-10-11-14)21-12-13-6-3-2-4-7-13/h2-9,14H,10-12H2,1H3. The molecule has 1 aliphatic carbocycles. The minimum atomic E-state index is 0.579. The summed E-state index contributed by atoms with van der Waals surface area (Å²) in [6.45, 7) is 0.579. The number of hydrogen-bond donors (Lipinski definition) is 0. The number of ether oxygens (including phenoxy) is 1. The first-order chi connectivity index (χ1) is 10.3. The van der Waals surface area contributed by atoms with E-state index in [1.54, 1.807) is 0 Å². The molecule has 3 aromatic rings. The van der Waals surface area contributed by atoms with Gasteiger partial charge in [0.25, 0.3) is 0 Å². The number of hydrogen-bond acceptors (Lipinski definition) is 2. The zero-order chi connectivity index (χ0) is 14.2. The topological polar surface area (TPSA) is 27.1 Å². The fourth-order valence-electron chi connectivity index (χ4n) is 2.77. The lowest BCUT2D eigenvalue weighted by Crippen LogP contribution is -1.95. The zero-order valence-corrected chi connectivity index (χ0v) is 12.1. The summed E-state index contributed by atoms with van der Waals surface area (Å²) in [5.74, 6) is 2.71. The maximum Gasteiger partial charge on any atom is 0.147 e. The van der Waals surface area contributed by atoms with Gasteiger partial charge in [0.2, 0.25) is 0 Å². The van der Waals surface area contributed by atoms with E-state index in [2.05, 4.69) is 29.8 Å². The Morgan fingerprint density at radius 2 is 1.90 bits per heavy atom. The fraction of sp³-hybridized carbons (Fsp3) is 0.278. The lowest BCUT2D eigenvalue weighted by atomic mass is 10.2. The molecule has 0 aliphatic heterocycles. The molecule has 1 aromatic heterocycles. The van der Waals surface area contributed by atoms with Crippen LogP contribution in [-0.4, -0.2) is 9.55 Å². The van der Waals surface area contributed by atoms with Gasteiger partial charge in [0.1, 0.15) is 23.7 Å². The van der Waals surface area contributed by atoms with Crippen LogP contribution >= 0.6 is 0 Å². The van der Waals surface area contributed by atoms with Crippen LogP contribution in [0.5, 0.6) is 5.75 Å². The average molecular weight is 278 g/mol. The van der Waals surface area contributed by atoms with Crippen molar-refractivity contribution in [1.82, 2.24) is 9.55 Å². The van der Waals surface area contributed by atoms with Crippen molar-refractivity contribution in [3.63, 3.8) is 0 Å². The van der Waals surface area contributed by atoms with Crippen molar-refractivity contribution in [1.29, 1.82) is 0 Å². The summed E-state index contributed by atoms with van der Waals surface area (Å²) in [5.41, 5.74) is 3.31. The lowest BCUT2D eigenvalue weighted by molar-refractivity contribution is 0.309. The van der Waals surface area contributed by atoms with Gasteiger partial charge in [-0.05, 0) is 30.5 Å². The monoisotopic (exact) mass is 278 g/mol. The van der Waals surface area contributed by atoms with Crippen molar-refractivity contribution in [2.75, 3.05) is 0 Å². The van der Waals surface area contributed by atoms with Crippen LogP contribution in [0.4, 0.5) is 0 Å². The summed E-state index contributed by atoms with van der Waals surface area (Å²) in [6, 6.07) is 16.4. The molecule has 1 fully saturated rings. The number of imidazole rings is 1. The summed E-state index contributed by atoms with van der Waals surface area (Å²) in [6.07, 6.45) is 2.52. The maximum absolute atomic E-state index is 6.00. The van der Waals surface area contributed by atoms with Crippen molar-refractivity contribution >= 4 is 11.0 Å². The molecule has 0 bridgehead atoms. The van der Waals surface area contributed by atoms with Gasteiger partial charge in [-0.25, -0.2) is 4.98 Å². The summed E-state index contributed by atoms with van der Waals surface area (Å²) >= 11 is 0. The van der Waals surface area contributed by atoms with Crippen LogP contribution in [0.25, 0.3) is 11.0 Å². The van der Waals surface area contributed by atoms with Gasteiger partial charge in [0.05, 0.1) is 5.52 Å². The van der Waals surface area contributed by atoms with Crippen LogP contribution in [0.3, 0.4) is 0 Å². The molecule has 1 heterocycles. The number of fused-ring (bicyclic) bond motifs is 1. The van der Waals surface area contributed by atoms with Crippen LogP contribution < -0.4 is 4.74 Å². The first-order valence-electron chi connectivity index (χ1n) is 7.45. The largest absolute Gasteiger partial charge is 0.487 e. The van der Waals surface area contributed by atoms with Crippen LogP contribution in [0.15, 0.2) is 48.5 Å². The number of benzene rings is 2. The Balaban J connectivity index is 1.67. The highest BCUT2D eigenvalue weighted by molar-refractivity contribution is 5.82. The Hall–Kier alpha value is -2.29. The minimum Gasteiger partial charge on any atom is -0.487 e. The third-order valence-corrected chi connectivity index (χ3v) is 4.09. The SMILES string of the molecule is Cn1c(C2CC2)nc2c(OCc3ccccc3)cccc21. The number of para-hydroxylation sites is 1. The maximum atomic E-state index is 6.00. The fourth-order valence-corrected chi connectivity index (χ4v) is 2.77. The summed E-state index contributed by atoms with van der Waals surface area (Å²) in [4.78, 5) is 4.82. The molecule has 0 saturated heterocycles. The molecule has 2 aromatic carbocycles. The van der Waals surface area contributed by atoms with Gasteiger partial charge >= 0.3 is 0 Å². The highest BCUT2D eigenvalue weighted by Gasteiger charge is 2.29. The molecular weight excluding hydrogens is 260 g/mol. The third-order valence-electron chi connectivity index (χ3n) is 4.09. The van der Waals surface area contributed by atoms with E-state index in [1.807, 2.05) is 30.3 Å². The van der Waals surface area contributed by atoms with Crippen LogP contribution in [0, 0.1) is 0 Å². The van der Waals surface area contributed by atoms with Gasteiger partial charge in [-0.3, -0.25) is 0 Å². The van der Waals surface area contributed by atoms with Crippen molar-refractivity contribution in [2.45, 2.75) is 25.4 Å². The molecule has 1 saturated carbocycles. The van der Waals surface area contributed by atoms with Crippen molar-refractivity contribution in [2.24, 2.45) is 7.05 Å². The van der Waals surface area contributed by atoms with Gasteiger partial charge in [-0.1, -0.05) is 36.4 Å². The highest BCUT2D eigenvalue weighted by Crippen LogP contribution is 2.41. The third kappa shape index (κ3) is 2.29. The smallest absolute Gasteiger partial charge is 0.147 e. The van der Waals surface area contributed by atoms with Crippen molar-refractivity contribution < 1.29 is 4.74 Å². The second kappa shape index (κ2) is 4.92. The second-order valence-electron chi connectivity index (χ2n) is 5.70. The lowest BCUT2D eigenvalue weighted by Gasteiger charge is -2.07.